The Kier molecular flexibility index (Phi) is 6.57. The molecule has 4 rings (SSSR count). The average molecular weight is 425 g/mol. The van der Waals surface area contributed by atoms with Crippen molar-refractivity contribution in [3.05, 3.63) is 88.0 Å². The van der Waals surface area contributed by atoms with Gasteiger partial charge in [0, 0.05) is 34.7 Å². The molecular weight excluding hydrogens is 399 g/mol. The second kappa shape index (κ2) is 9.51. The summed E-state index contributed by atoms with van der Waals surface area (Å²) >= 11 is 1.56. The quantitative estimate of drug-likeness (QED) is 0.597. The van der Waals surface area contributed by atoms with Gasteiger partial charge >= 0.3 is 0 Å². The molecular formula is C24H25FN2O2S. The van der Waals surface area contributed by atoms with Gasteiger partial charge in [0.2, 0.25) is 0 Å². The Morgan fingerprint density at radius 3 is 2.50 bits per heavy atom. The highest BCUT2D eigenvalue weighted by Crippen LogP contribution is 2.40. The number of rotatable bonds is 6. The molecule has 1 aliphatic heterocycles. The van der Waals surface area contributed by atoms with E-state index < -0.39 is 0 Å². The molecule has 0 aliphatic carbocycles. The Labute approximate surface area is 180 Å². The molecule has 6 heteroatoms. The predicted molar refractivity (Wildman–Crippen MR) is 119 cm³/mol. The predicted octanol–water partition coefficient (Wildman–Crippen LogP) is 5.12. The number of benzene rings is 2. The van der Waals surface area contributed by atoms with E-state index in [4.69, 9.17) is 4.74 Å². The van der Waals surface area contributed by atoms with Crippen LogP contribution in [-0.2, 0) is 11.2 Å². The highest BCUT2D eigenvalue weighted by atomic mass is 32.1. The topological polar surface area (TPSA) is 41.6 Å². The Morgan fingerprint density at radius 2 is 1.80 bits per heavy atom. The lowest BCUT2D eigenvalue weighted by molar-refractivity contribution is 0.0235. The molecule has 1 saturated heterocycles. The largest absolute Gasteiger partial charge is 0.379 e. The average Bonchev–Trinajstić information content (AvgIpc) is 3.19. The van der Waals surface area contributed by atoms with Crippen LogP contribution in [0.4, 0.5) is 9.39 Å². The molecule has 4 nitrogen and oxygen atoms in total. The van der Waals surface area contributed by atoms with Crippen molar-refractivity contribution in [1.82, 2.24) is 4.90 Å². The maximum Gasteiger partial charge on any atom is 0.256 e. The number of halogens is 1. The number of hydrogen-bond acceptors (Lipinski definition) is 4. The third-order valence-electron chi connectivity index (χ3n) is 5.33. The minimum absolute atomic E-state index is 0.157. The van der Waals surface area contributed by atoms with Crippen LogP contribution in [0.25, 0.3) is 0 Å². The van der Waals surface area contributed by atoms with Crippen LogP contribution in [-0.4, -0.2) is 37.1 Å². The minimum atomic E-state index is -0.280. The van der Waals surface area contributed by atoms with Gasteiger partial charge < -0.3 is 10.1 Å². The van der Waals surface area contributed by atoms with Crippen molar-refractivity contribution in [1.29, 1.82) is 0 Å². The third kappa shape index (κ3) is 4.46. The normalized spacial score (nSPS) is 15.7. The first-order chi connectivity index (χ1) is 14.7. The van der Waals surface area contributed by atoms with Crippen molar-refractivity contribution in [2.75, 3.05) is 31.6 Å². The number of ether oxygens (including phenoxy) is 1. The van der Waals surface area contributed by atoms with Gasteiger partial charge in [0.1, 0.15) is 10.8 Å². The second-order valence-corrected chi connectivity index (χ2v) is 8.38. The van der Waals surface area contributed by atoms with Crippen molar-refractivity contribution in [3.63, 3.8) is 0 Å². The fourth-order valence-electron chi connectivity index (χ4n) is 3.79. The van der Waals surface area contributed by atoms with Crippen LogP contribution in [0.15, 0.2) is 60.7 Å². The van der Waals surface area contributed by atoms with Crippen molar-refractivity contribution >= 4 is 22.2 Å². The molecule has 0 saturated carbocycles. The second-order valence-electron chi connectivity index (χ2n) is 7.24. The number of morpholine rings is 1. The van der Waals surface area contributed by atoms with Crippen LogP contribution in [0, 0.1) is 5.82 Å². The number of carbonyl (C=O) groups excluding carboxylic acids is 1. The van der Waals surface area contributed by atoms with E-state index in [0.29, 0.717) is 37.4 Å². The summed E-state index contributed by atoms with van der Waals surface area (Å²) in [5.41, 5.74) is 2.16. The number of nitrogens with one attached hydrogen (secondary N) is 1. The molecule has 1 aromatic heterocycles. The number of hydrogen-bond donors (Lipinski definition) is 1. The molecule has 1 aliphatic rings. The molecule has 0 spiro atoms. The molecule has 0 bridgehead atoms. The molecule has 156 valence electrons. The molecule has 2 aromatic carbocycles. The smallest absolute Gasteiger partial charge is 0.256 e. The first kappa shape index (κ1) is 20.7. The first-order valence-corrected chi connectivity index (χ1v) is 11.0. The monoisotopic (exact) mass is 424 g/mol. The zero-order valence-corrected chi connectivity index (χ0v) is 17.8. The van der Waals surface area contributed by atoms with Crippen molar-refractivity contribution in [3.8, 4) is 0 Å². The van der Waals surface area contributed by atoms with E-state index in [2.05, 4.69) is 23.2 Å². The highest BCUT2D eigenvalue weighted by Gasteiger charge is 2.30. The van der Waals surface area contributed by atoms with Gasteiger partial charge in [-0.05, 0) is 30.7 Å². The van der Waals surface area contributed by atoms with Crippen LogP contribution in [0.3, 0.4) is 0 Å². The van der Waals surface area contributed by atoms with Crippen molar-refractivity contribution in [2.24, 2.45) is 0 Å². The molecule has 0 radical (unpaired) electrons. The fourth-order valence-corrected chi connectivity index (χ4v) is 4.82. The lowest BCUT2D eigenvalue weighted by Crippen LogP contribution is -2.40. The maximum absolute atomic E-state index is 14.9. The molecule has 0 unspecified atom stereocenters. The SMILES string of the molecule is CCc1cc([C@H](c2ccccc2F)N2CCOCC2)c(NC(=O)c2ccccc2)s1. The summed E-state index contributed by atoms with van der Waals surface area (Å²) in [7, 11) is 0. The molecule has 1 N–H and O–H groups in total. The molecule has 2 heterocycles. The summed E-state index contributed by atoms with van der Waals surface area (Å²) in [5.74, 6) is -0.394. The van der Waals surface area contributed by atoms with Gasteiger partial charge in [0.15, 0.2) is 0 Å². The minimum Gasteiger partial charge on any atom is -0.379 e. The number of carbonyl (C=O) groups is 1. The van der Waals surface area contributed by atoms with E-state index in [1.807, 2.05) is 30.3 Å². The van der Waals surface area contributed by atoms with Crippen molar-refractivity contribution < 1.29 is 13.9 Å². The molecule has 1 amide bonds. The van der Waals surface area contributed by atoms with Crippen molar-refractivity contribution in [2.45, 2.75) is 19.4 Å². The molecule has 1 fully saturated rings. The van der Waals surface area contributed by atoms with Crippen LogP contribution in [0.2, 0.25) is 0 Å². The Morgan fingerprint density at radius 1 is 1.10 bits per heavy atom. The van der Waals surface area contributed by atoms with E-state index >= 15 is 0 Å². The zero-order chi connectivity index (χ0) is 20.9. The zero-order valence-electron chi connectivity index (χ0n) is 16.9. The van der Waals surface area contributed by atoms with Crippen LogP contribution < -0.4 is 5.32 Å². The number of nitrogens with zero attached hydrogens (tertiary/aromatic N) is 1. The van der Waals surface area contributed by atoms with E-state index in [1.54, 1.807) is 29.5 Å². The van der Waals surface area contributed by atoms with E-state index in [1.165, 1.54) is 6.07 Å². The third-order valence-corrected chi connectivity index (χ3v) is 6.54. The number of anilines is 1. The van der Waals surface area contributed by atoms with Gasteiger partial charge in [-0.3, -0.25) is 9.69 Å². The Balaban J connectivity index is 1.75. The highest BCUT2D eigenvalue weighted by molar-refractivity contribution is 7.16. The summed E-state index contributed by atoms with van der Waals surface area (Å²) < 4.78 is 20.4. The molecule has 1 atom stereocenters. The van der Waals surface area contributed by atoms with Crippen LogP contribution in [0.1, 0.15) is 39.3 Å². The van der Waals surface area contributed by atoms with E-state index in [-0.39, 0.29) is 17.8 Å². The van der Waals surface area contributed by atoms with Crippen LogP contribution in [0.5, 0.6) is 0 Å². The first-order valence-electron chi connectivity index (χ1n) is 10.2. The maximum atomic E-state index is 14.9. The van der Waals surface area contributed by atoms with Crippen LogP contribution >= 0.6 is 11.3 Å². The van der Waals surface area contributed by atoms with Gasteiger partial charge in [-0.1, -0.05) is 43.3 Å². The summed E-state index contributed by atoms with van der Waals surface area (Å²) in [6.07, 6.45) is 0.853. The van der Waals surface area contributed by atoms with Gasteiger partial charge in [-0.25, -0.2) is 4.39 Å². The Bertz CT molecular complexity index is 999. The summed E-state index contributed by atoms with van der Waals surface area (Å²) in [4.78, 5) is 16.2. The number of thiophene rings is 1. The van der Waals surface area contributed by atoms with Gasteiger partial charge in [-0.2, -0.15) is 0 Å². The van der Waals surface area contributed by atoms with E-state index in [0.717, 1.165) is 21.9 Å². The van der Waals surface area contributed by atoms with E-state index in [9.17, 15) is 9.18 Å². The number of amides is 1. The summed E-state index contributed by atoms with van der Waals surface area (Å²) in [5, 5.41) is 3.87. The van der Waals surface area contributed by atoms with Gasteiger partial charge in [0.25, 0.3) is 5.91 Å². The summed E-state index contributed by atoms with van der Waals surface area (Å²) in [6.45, 7) is 4.73. The summed E-state index contributed by atoms with van der Waals surface area (Å²) in [6, 6.07) is 17.9. The van der Waals surface area contributed by atoms with Gasteiger partial charge in [-0.15, -0.1) is 11.3 Å². The fraction of sp³-hybridized carbons (Fsp3) is 0.292. The lowest BCUT2D eigenvalue weighted by atomic mass is 9.97. The molecule has 3 aromatic rings. The number of aryl methyl sites for hydroxylation is 1. The standard InChI is InChI=1S/C24H25FN2O2S/c1-2-18-16-20(24(30-18)26-23(28)17-8-4-3-5-9-17)22(27-12-14-29-15-13-27)19-10-6-7-11-21(19)25/h3-11,16,22H,2,12-15H2,1H3,(H,26,28)/t22-/m0/s1. The molecule has 30 heavy (non-hydrogen) atoms. The van der Waals surface area contributed by atoms with Gasteiger partial charge in [0.05, 0.1) is 19.3 Å². The lowest BCUT2D eigenvalue weighted by Gasteiger charge is -2.35. The Hall–Kier alpha value is -2.54.